The van der Waals surface area contributed by atoms with Crippen LogP contribution >= 0.6 is 11.3 Å². The Balaban J connectivity index is 1.74. The fraction of sp³-hybridized carbons (Fsp3) is 0.300. The summed E-state index contributed by atoms with van der Waals surface area (Å²) in [6, 6.07) is 12.4. The number of amides is 1. The van der Waals surface area contributed by atoms with Crippen LogP contribution in [0.1, 0.15) is 24.0 Å². The summed E-state index contributed by atoms with van der Waals surface area (Å²) in [5.74, 6) is -0.357. The molecule has 2 aromatic carbocycles. The summed E-state index contributed by atoms with van der Waals surface area (Å²) in [7, 11) is -1.46. The standard InChI is InChI=1S/C20H22N2O3S2/c1-14-11-12-17-19(15(14)2)22(3)20(26-17)21-18(23)10-7-13-27(24,25)16-8-5-4-6-9-16/h4-6,8-9,11-12H,7,10,13H2,1-3H3. The SMILES string of the molecule is Cc1ccc2sc(=NC(=O)CCCS(=O)(=O)c3ccccc3)n(C)c2c1C. The average molecular weight is 403 g/mol. The molecule has 3 aromatic rings. The van der Waals surface area contributed by atoms with Gasteiger partial charge in [-0.15, -0.1) is 0 Å². The Morgan fingerprint density at radius 2 is 1.81 bits per heavy atom. The zero-order valence-electron chi connectivity index (χ0n) is 15.6. The van der Waals surface area contributed by atoms with E-state index in [1.807, 2.05) is 17.7 Å². The van der Waals surface area contributed by atoms with E-state index in [0.717, 1.165) is 10.2 Å². The third-order valence-electron chi connectivity index (χ3n) is 4.61. The minimum absolute atomic E-state index is 0.0604. The lowest BCUT2D eigenvalue weighted by atomic mass is 10.1. The Kier molecular flexibility index (Phi) is 5.62. The fourth-order valence-electron chi connectivity index (χ4n) is 2.96. The first kappa shape index (κ1) is 19.5. The van der Waals surface area contributed by atoms with Crippen molar-refractivity contribution in [3.63, 3.8) is 0 Å². The van der Waals surface area contributed by atoms with Gasteiger partial charge in [0.1, 0.15) is 0 Å². The molecule has 142 valence electrons. The second kappa shape index (κ2) is 7.78. The molecule has 0 saturated heterocycles. The van der Waals surface area contributed by atoms with Crippen molar-refractivity contribution >= 4 is 37.3 Å². The largest absolute Gasteiger partial charge is 0.319 e. The normalized spacial score (nSPS) is 12.6. The van der Waals surface area contributed by atoms with Gasteiger partial charge in [-0.05, 0) is 49.6 Å². The number of hydrogen-bond acceptors (Lipinski definition) is 4. The van der Waals surface area contributed by atoms with Crippen LogP contribution in [0.4, 0.5) is 0 Å². The maximum atomic E-state index is 12.3. The molecule has 0 N–H and O–H groups in total. The van der Waals surface area contributed by atoms with Crippen LogP contribution in [0.3, 0.4) is 0 Å². The maximum Gasteiger partial charge on any atom is 0.248 e. The van der Waals surface area contributed by atoms with E-state index >= 15 is 0 Å². The van der Waals surface area contributed by atoms with Crippen LogP contribution in [-0.4, -0.2) is 24.6 Å². The Bertz CT molecular complexity index is 1160. The number of aryl methyl sites for hydroxylation is 3. The number of hydrogen-bond donors (Lipinski definition) is 0. The lowest BCUT2D eigenvalue weighted by Gasteiger charge is -2.03. The zero-order chi connectivity index (χ0) is 19.6. The molecule has 5 nitrogen and oxygen atoms in total. The van der Waals surface area contributed by atoms with Crippen molar-refractivity contribution in [2.75, 3.05) is 5.75 Å². The predicted molar refractivity (Wildman–Crippen MR) is 109 cm³/mol. The number of fused-ring (bicyclic) bond motifs is 1. The molecule has 1 heterocycles. The third-order valence-corrected chi connectivity index (χ3v) is 7.53. The zero-order valence-corrected chi connectivity index (χ0v) is 17.2. The van der Waals surface area contributed by atoms with Crippen molar-refractivity contribution in [3.8, 4) is 0 Å². The summed E-state index contributed by atoms with van der Waals surface area (Å²) < 4.78 is 27.6. The number of carbonyl (C=O) groups is 1. The van der Waals surface area contributed by atoms with Crippen molar-refractivity contribution in [1.29, 1.82) is 0 Å². The number of carbonyl (C=O) groups excluding carboxylic acids is 1. The lowest BCUT2D eigenvalue weighted by Crippen LogP contribution is -2.14. The van der Waals surface area contributed by atoms with Gasteiger partial charge in [-0.2, -0.15) is 4.99 Å². The highest BCUT2D eigenvalue weighted by atomic mass is 32.2. The first-order valence-corrected chi connectivity index (χ1v) is 11.2. The van der Waals surface area contributed by atoms with E-state index < -0.39 is 9.84 Å². The van der Waals surface area contributed by atoms with Crippen molar-refractivity contribution in [2.45, 2.75) is 31.6 Å². The highest BCUT2D eigenvalue weighted by Crippen LogP contribution is 2.23. The number of nitrogens with zero attached hydrogens (tertiary/aromatic N) is 2. The van der Waals surface area contributed by atoms with E-state index in [1.54, 1.807) is 30.3 Å². The maximum absolute atomic E-state index is 12.3. The summed E-state index contributed by atoms with van der Waals surface area (Å²) in [4.78, 5) is 17.4. The molecule has 0 atom stereocenters. The smallest absolute Gasteiger partial charge is 0.248 e. The topological polar surface area (TPSA) is 68.5 Å². The van der Waals surface area contributed by atoms with Gasteiger partial charge in [0.15, 0.2) is 14.6 Å². The Morgan fingerprint density at radius 1 is 1.11 bits per heavy atom. The van der Waals surface area contributed by atoms with E-state index in [0.29, 0.717) is 4.80 Å². The summed E-state index contributed by atoms with van der Waals surface area (Å²) >= 11 is 1.47. The minimum atomic E-state index is -3.36. The van der Waals surface area contributed by atoms with Crippen LogP contribution < -0.4 is 4.80 Å². The van der Waals surface area contributed by atoms with Gasteiger partial charge in [0, 0.05) is 13.5 Å². The molecule has 7 heteroatoms. The molecule has 1 aromatic heterocycles. The van der Waals surface area contributed by atoms with Crippen molar-refractivity contribution in [1.82, 2.24) is 4.57 Å². The molecule has 0 aliphatic carbocycles. The van der Waals surface area contributed by atoms with E-state index in [2.05, 4.69) is 24.9 Å². The van der Waals surface area contributed by atoms with Crippen LogP contribution in [0.25, 0.3) is 10.2 Å². The molecule has 27 heavy (non-hydrogen) atoms. The Morgan fingerprint density at radius 3 is 2.52 bits per heavy atom. The second-order valence-electron chi connectivity index (χ2n) is 6.54. The van der Waals surface area contributed by atoms with Crippen LogP contribution in [0.5, 0.6) is 0 Å². The fourth-order valence-corrected chi connectivity index (χ4v) is 5.38. The summed E-state index contributed by atoms with van der Waals surface area (Å²) in [6.07, 6.45) is 0.366. The highest BCUT2D eigenvalue weighted by molar-refractivity contribution is 7.91. The van der Waals surface area contributed by atoms with E-state index in [4.69, 9.17) is 0 Å². The van der Waals surface area contributed by atoms with E-state index in [9.17, 15) is 13.2 Å². The molecular weight excluding hydrogens is 380 g/mol. The molecule has 0 bridgehead atoms. The second-order valence-corrected chi connectivity index (χ2v) is 9.66. The van der Waals surface area contributed by atoms with Gasteiger partial charge >= 0.3 is 0 Å². The van der Waals surface area contributed by atoms with Gasteiger partial charge in [-0.3, -0.25) is 4.79 Å². The first-order chi connectivity index (χ1) is 12.8. The van der Waals surface area contributed by atoms with Gasteiger partial charge in [-0.1, -0.05) is 35.6 Å². The monoisotopic (exact) mass is 402 g/mol. The van der Waals surface area contributed by atoms with Gasteiger partial charge in [0.2, 0.25) is 5.91 Å². The average Bonchev–Trinajstić information content (AvgIpc) is 2.95. The molecule has 0 saturated carbocycles. The molecule has 3 rings (SSSR count). The van der Waals surface area contributed by atoms with E-state index in [-0.39, 0.29) is 29.4 Å². The number of aromatic nitrogens is 1. The Labute approximate surface area is 162 Å². The number of rotatable bonds is 5. The quantitative estimate of drug-likeness (QED) is 0.655. The van der Waals surface area contributed by atoms with Crippen LogP contribution in [0.15, 0.2) is 52.4 Å². The number of sulfone groups is 1. The minimum Gasteiger partial charge on any atom is -0.319 e. The molecule has 0 unspecified atom stereocenters. The number of thiazole rings is 1. The third kappa shape index (κ3) is 4.20. The van der Waals surface area contributed by atoms with Crippen LogP contribution in [0, 0.1) is 13.8 Å². The molecule has 1 amide bonds. The van der Waals surface area contributed by atoms with Gasteiger partial charge in [-0.25, -0.2) is 8.42 Å². The molecule has 0 spiro atoms. The summed E-state index contributed by atoms with van der Waals surface area (Å²) in [5.41, 5.74) is 3.45. The first-order valence-electron chi connectivity index (χ1n) is 8.71. The van der Waals surface area contributed by atoms with Crippen LogP contribution in [0.2, 0.25) is 0 Å². The molecule has 0 aliphatic rings. The Hall–Kier alpha value is -2.25. The number of benzene rings is 2. The van der Waals surface area contributed by atoms with Gasteiger partial charge in [0.25, 0.3) is 0 Å². The summed E-state index contributed by atoms with van der Waals surface area (Å²) in [5, 5.41) is 0. The van der Waals surface area contributed by atoms with Crippen molar-refractivity contribution in [2.24, 2.45) is 12.0 Å². The van der Waals surface area contributed by atoms with E-state index in [1.165, 1.54) is 22.5 Å². The lowest BCUT2D eigenvalue weighted by molar-refractivity contribution is -0.118. The molecule has 0 radical (unpaired) electrons. The summed E-state index contributed by atoms with van der Waals surface area (Å²) in [6.45, 7) is 4.12. The van der Waals surface area contributed by atoms with Gasteiger partial charge in [0.05, 0.1) is 20.9 Å². The predicted octanol–water partition coefficient (Wildman–Crippen LogP) is 3.54. The van der Waals surface area contributed by atoms with Crippen molar-refractivity contribution < 1.29 is 13.2 Å². The van der Waals surface area contributed by atoms with Crippen molar-refractivity contribution in [3.05, 3.63) is 58.4 Å². The molecular formula is C20H22N2O3S2. The molecule has 0 aliphatic heterocycles. The van der Waals surface area contributed by atoms with Crippen LogP contribution in [-0.2, 0) is 21.7 Å². The highest BCUT2D eigenvalue weighted by Gasteiger charge is 2.14. The molecule has 0 fully saturated rings. The van der Waals surface area contributed by atoms with Gasteiger partial charge < -0.3 is 4.57 Å².